The van der Waals surface area contributed by atoms with E-state index < -0.39 is 5.66 Å². The average Bonchev–Trinajstić information content (AvgIpc) is 3.21. The van der Waals surface area contributed by atoms with E-state index in [1.165, 1.54) is 11.3 Å². The summed E-state index contributed by atoms with van der Waals surface area (Å²) < 4.78 is 0. The van der Waals surface area contributed by atoms with Crippen LogP contribution in [0.25, 0.3) is 10.6 Å². The van der Waals surface area contributed by atoms with Gasteiger partial charge in [-0.15, -0.1) is 22.5 Å². The Kier molecular flexibility index (Phi) is 4.39. The van der Waals surface area contributed by atoms with Crippen molar-refractivity contribution in [2.24, 2.45) is 10.2 Å². The molecule has 1 amide bonds. The summed E-state index contributed by atoms with van der Waals surface area (Å²) in [5.41, 5.74) is 0.481. The molecule has 0 aliphatic carbocycles. The second-order valence-corrected chi connectivity index (χ2v) is 6.06. The number of rotatable bonds is 7. The topological polar surface area (TPSA) is 92.5 Å². The van der Waals surface area contributed by atoms with Crippen LogP contribution in [-0.4, -0.2) is 26.8 Å². The Morgan fingerprint density at radius 1 is 1.26 bits per heavy atom. The number of nitrogens with zero attached hydrogens (tertiary/aromatic N) is 5. The Balaban J connectivity index is 1.51. The quantitative estimate of drug-likeness (QED) is 0.792. The number of anilines is 1. The van der Waals surface area contributed by atoms with Gasteiger partial charge >= 0.3 is 0 Å². The minimum absolute atomic E-state index is 0.125. The summed E-state index contributed by atoms with van der Waals surface area (Å²) in [7, 11) is 0. The molecule has 0 bridgehead atoms. The van der Waals surface area contributed by atoms with Crippen molar-refractivity contribution >= 4 is 22.4 Å². The molecule has 8 heteroatoms. The van der Waals surface area contributed by atoms with E-state index in [4.69, 9.17) is 6.42 Å². The fraction of sp³-hybridized carbons (Fsp3) is 0.333. The predicted molar refractivity (Wildman–Crippen MR) is 86.7 cm³/mol. The minimum Gasteiger partial charge on any atom is -0.301 e. The summed E-state index contributed by atoms with van der Waals surface area (Å²) in [4.78, 5) is 16.0. The van der Waals surface area contributed by atoms with E-state index >= 15 is 0 Å². The van der Waals surface area contributed by atoms with Crippen molar-refractivity contribution in [3.8, 4) is 22.9 Å². The van der Waals surface area contributed by atoms with Gasteiger partial charge in [0.2, 0.25) is 11.0 Å². The SMILES string of the molecule is C#CCCC1(CCC(=O)Nc2nnc(-c3ccncc3)s2)N=N1. The second-order valence-electron chi connectivity index (χ2n) is 5.08. The normalized spacial score (nSPS) is 14.2. The predicted octanol–water partition coefficient (Wildman–Crippen LogP) is 2.89. The number of nitrogens with one attached hydrogen (secondary N) is 1. The van der Waals surface area contributed by atoms with Gasteiger partial charge in [-0.3, -0.25) is 9.78 Å². The van der Waals surface area contributed by atoms with Crippen molar-refractivity contribution in [3.05, 3.63) is 24.5 Å². The molecule has 1 aliphatic rings. The Morgan fingerprint density at radius 2 is 2.04 bits per heavy atom. The summed E-state index contributed by atoms with van der Waals surface area (Å²) in [6.45, 7) is 0. The van der Waals surface area contributed by atoms with Crippen LogP contribution in [0.4, 0.5) is 5.13 Å². The summed E-state index contributed by atoms with van der Waals surface area (Å²) >= 11 is 1.32. The third-order valence-corrected chi connectivity index (χ3v) is 4.29. The van der Waals surface area contributed by atoms with Crippen LogP contribution in [0, 0.1) is 12.3 Å². The first-order chi connectivity index (χ1) is 11.2. The van der Waals surface area contributed by atoms with Crippen LogP contribution in [0.2, 0.25) is 0 Å². The second kappa shape index (κ2) is 6.62. The fourth-order valence-corrected chi connectivity index (χ4v) is 2.81. The number of carbonyl (C=O) groups is 1. The van der Waals surface area contributed by atoms with E-state index in [9.17, 15) is 4.79 Å². The van der Waals surface area contributed by atoms with Crippen LogP contribution in [0.1, 0.15) is 25.7 Å². The molecule has 3 rings (SSSR count). The van der Waals surface area contributed by atoms with Crippen LogP contribution in [0.3, 0.4) is 0 Å². The highest BCUT2D eigenvalue weighted by atomic mass is 32.1. The highest BCUT2D eigenvalue weighted by Crippen LogP contribution is 2.37. The molecular weight excluding hydrogens is 312 g/mol. The van der Waals surface area contributed by atoms with Gasteiger partial charge in [-0.25, -0.2) is 0 Å². The number of aromatic nitrogens is 3. The van der Waals surface area contributed by atoms with E-state index in [-0.39, 0.29) is 5.91 Å². The lowest BCUT2D eigenvalue weighted by Crippen LogP contribution is -2.17. The van der Waals surface area contributed by atoms with Gasteiger partial charge in [-0.2, -0.15) is 10.2 Å². The zero-order chi connectivity index (χ0) is 16.1. The number of pyridine rings is 1. The van der Waals surface area contributed by atoms with Crippen LogP contribution in [0.5, 0.6) is 0 Å². The summed E-state index contributed by atoms with van der Waals surface area (Å²) in [5, 5.41) is 20.0. The monoisotopic (exact) mass is 326 g/mol. The average molecular weight is 326 g/mol. The Morgan fingerprint density at radius 3 is 2.74 bits per heavy atom. The highest BCUT2D eigenvalue weighted by Gasteiger charge is 2.39. The van der Waals surface area contributed by atoms with Gasteiger partial charge in [0.05, 0.1) is 0 Å². The zero-order valence-corrected chi connectivity index (χ0v) is 13.1. The van der Waals surface area contributed by atoms with Crippen LogP contribution in [-0.2, 0) is 4.79 Å². The molecule has 116 valence electrons. The van der Waals surface area contributed by atoms with Crippen molar-refractivity contribution in [1.82, 2.24) is 15.2 Å². The molecule has 0 saturated carbocycles. The van der Waals surface area contributed by atoms with Crippen LogP contribution in [0.15, 0.2) is 34.8 Å². The molecule has 0 atom stereocenters. The lowest BCUT2D eigenvalue weighted by Gasteiger charge is -2.07. The third kappa shape index (κ3) is 3.96. The lowest BCUT2D eigenvalue weighted by molar-refractivity contribution is -0.116. The highest BCUT2D eigenvalue weighted by molar-refractivity contribution is 7.18. The number of terminal acetylenes is 1. The van der Waals surface area contributed by atoms with Gasteiger partial charge in [0.1, 0.15) is 5.01 Å². The van der Waals surface area contributed by atoms with Gasteiger partial charge in [0.25, 0.3) is 0 Å². The molecule has 0 unspecified atom stereocenters. The van der Waals surface area contributed by atoms with Gasteiger partial charge in [-0.1, -0.05) is 11.3 Å². The fourth-order valence-electron chi connectivity index (χ4n) is 2.05. The smallest absolute Gasteiger partial charge is 0.226 e. The third-order valence-electron chi connectivity index (χ3n) is 3.40. The van der Waals surface area contributed by atoms with Crippen molar-refractivity contribution in [1.29, 1.82) is 0 Å². The van der Waals surface area contributed by atoms with Crippen LogP contribution >= 0.6 is 11.3 Å². The molecule has 0 saturated heterocycles. The van der Waals surface area contributed by atoms with Crippen LogP contribution < -0.4 is 5.32 Å². The number of carbonyl (C=O) groups excluding carboxylic acids is 1. The first-order valence-electron chi connectivity index (χ1n) is 7.12. The molecule has 2 aromatic heterocycles. The van der Waals surface area contributed by atoms with Crippen molar-refractivity contribution in [3.63, 3.8) is 0 Å². The molecule has 0 radical (unpaired) electrons. The molecule has 0 spiro atoms. The molecule has 2 aromatic rings. The molecule has 23 heavy (non-hydrogen) atoms. The molecular formula is C15H14N6OS. The molecule has 1 aliphatic heterocycles. The molecule has 3 heterocycles. The minimum atomic E-state index is -0.437. The van der Waals surface area contributed by atoms with E-state index in [1.54, 1.807) is 12.4 Å². The van der Waals surface area contributed by atoms with Gasteiger partial charge < -0.3 is 5.32 Å². The molecule has 1 N–H and O–H groups in total. The summed E-state index contributed by atoms with van der Waals surface area (Å²) in [5.74, 6) is 2.44. The van der Waals surface area contributed by atoms with Crippen molar-refractivity contribution in [2.75, 3.05) is 5.32 Å². The number of hydrogen-bond acceptors (Lipinski definition) is 7. The maximum Gasteiger partial charge on any atom is 0.226 e. The van der Waals surface area contributed by atoms with Gasteiger partial charge in [0, 0.05) is 43.6 Å². The first-order valence-corrected chi connectivity index (χ1v) is 7.94. The summed E-state index contributed by atoms with van der Waals surface area (Å²) in [6, 6.07) is 3.69. The van der Waals surface area contributed by atoms with E-state index in [0.29, 0.717) is 30.8 Å². The van der Waals surface area contributed by atoms with Gasteiger partial charge in [0.15, 0.2) is 5.66 Å². The van der Waals surface area contributed by atoms with E-state index in [1.807, 2.05) is 12.1 Å². The Bertz CT molecular complexity index is 758. The molecule has 7 nitrogen and oxygen atoms in total. The zero-order valence-electron chi connectivity index (χ0n) is 12.3. The Labute approximate surface area is 137 Å². The maximum absolute atomic E-state index is 12.0. The van der Waals surface area contributed by atoms with Gasteiger partial charge in [-0.05, 0) is 12.1 Å². The maximum atomic E-state index is 12.0. The van der Waals surface area contributed by atoms with Crippen molar-refractivity contribution in [2.45, 2.75) is 31.3 Å². The number of amides is 1. The van der Waals surface area contributed by atoms with Crippen molar-refractivity contribution < 1.29 is 4.79 Å². The lowest BCUT2D eigenvalue weighted by atomic mass is 10.0. The molecule has 0 aromatic carbocycles. The van der Waals surface area contributed by atoms with E-state index in [2.05, 4.69) is 36.6 Å². The Hall–Kier alpha value is -2.66. The van der Waals surface area contributed by atoms with E-state index in [0.717, 1.165) is 10.6 Å². The first kappa shape index (κ1) is 15.2. The summed E-state index contributed by atoms with van der Waals surface area (Å²) in [6.07, 6.45) is 10.8. The largest absolute Gasteiger partial charge is 0.301 e. The standard InChI is InChI=1S/C15H14N6OS/c1-2-3-7-15(20-21-15)8-4-12(22)17-14-19-18-13(23-14)11-5-9-16-10-6-11/h1,5-6,9-10H,3-4,7-8H2,(H,17,19,22). The number of hydrogen-bond donors (Lipinski definition) is 1. The molecule has 0 fully saturated rings.